The highest BCUT2D eigenvalue weighted by Gasteiger charge is 2.14. The summed E-state index contributed by atoms with van der Waals surface area (Å²) in [6, 6.07) is 10.7. The Labute approximate surface area is 126 Å². The molecule has 0 aliphatic rings. The van der Waals surface area contributed by atoms with Crippen molar-refractivity contribution in [3.05, 3.63) is 52.0 Å². The Balaban J connectivity index is 2.32. The number of nitrogens with two attached hydrogens (primary N) is 1. The fourth-order valence-electron chi connectivity index (χ4n) is 1.82. The van der Waals surface area contributed by atoms with Gasteiger partial charge in [-0.15, -0.1) is 0 Å². The molecule has 3 N–H and O–H groups in total. The molecular formula is C15H15BrN2O2. The van der Waals surface area contributed by atoms with Crippen LogP contribution in [-0.2, 0) is 0 Å². The molecule has 0 aliphatic heterocycles. The summed E-state index contributed by atoms with van der Waals surface area (Å²) in [4.78, 5) is 12.4. The van der Waals surface area contributed by atoms with Crippen molar-refractivity contribution in [1.29, 1.82) is 0 Å². The van der Waals surface area contributed by atoms with Crippen LogP contribution < -0.4 is 15.8 Å². The molecule has 5 heteroatoms. The van der Waals surface area contributed by atoms with Crippen molar-refractivity contribution < 1.29 is 9.53 Å². The number of amides is 1. The van der Waals surface area contributed by atoms with E-state index in [0.717, 1.165) is 10.0 Å². The van der Waals surface area contributed by atoms with Crippen LogP contribution in [0.2, 0.25) is 0 Å². The number of aryl methyl sites for hydroxylation is 1. The summed E-state index contributed by atoms with van der Waals surface area (Å²) < 4.78 is 6.02. The minimum Gasteiger partial charge on any atom is -0.496 e. The smallest absolute Gasteiger partial charge is 0.259 e. The van der Waals surface area contributed by atoms with Crippen molar-refractivity contribution in [2.45, 2.75) is 6.92 Å². The second kappa shape index (κ2) is 5.96. The van der Waals surface area contributed by atoms with Gasteiger partial charge < -0.3 is 15.8 Å². The largest absolute Gasteiger partial charge is 0.496 e. The molecule has 0 spiro atoms. The molecule has 0 aromatic heterocycles. The summed E-state index contributed by atoms with van der Waals surface area (Å²) in [7, 11) is 1.53. The SMILES string of the molecule is COc1ccc(Br)cc1C(=O)Nc1cc(N)ccc1C. The summed E-state index contributed by atoms with van der Waals surface area (Å²) in [5, 5.41) is 2.85. The minimum atomic E-state index is -0.239. The molecule has 2 aromatic rings. The molecule has 0 saturated carbocycles. The maximum atomic E-state index is 12.4. The van der Waals surface area contributed by atoms with E-state index in [2.05, 4.69) is 21.2 Å². The minimum absolute atomic E-state index is 0.239. The van der Waals surface area contributed by atoms with E-state index < -0.39 is 0 Å². The Hall–Kier alpha value is -2.01. The monoisotopic (exact) mass is 334 g/mol. The van der Waals surface area contributed by atoms with Crippen LogP contribution in [0.25, 0.3) is 0 Å². The summed E-state index contributed by atoms with van der Waals surface area (Å²) in [5.74, 6) is 0.282. The number of halogens is 1. The van der Waals surface area contributed by atoms with E-state index in [4.69, 9.17) is 10.5 Å². The third-order valence-corrected chi connectivity index (χ3v) is 3.41. The van der Waals surface area contributed by atoms with Crippen LogP contribution in [0, 0.1) is 6.92 Å². The lowest BCUT2D eigenvalue weighted by Gasteiger charge is -2.12. The fraction of sp³-hybridized carbons (Fsp3) is 0.133. The number of ether oxygens (including phenoxy) is 1. The third kappa shape index (κ3) is 3.11. The molecule has 0 fully saturated rings. The number of carbonyl (C=O) groups excluding carboxylic acids is 1. The predicted molar refractivity (Wildman–Crippen MR) is 84.2 cm³/mol. The molecule has 1 amide bonds. The van der Waals surface area contributed by atoms with E-state index in [9.17, 15) is 4.79 Å². The van der Waals surface area contributed by atoms with Crippen molar-refractivity contribution in [3.63, 3.8) is 0 Å². The van der Waals surface area contributed by atoms with E-state index >= 15 is 0 Å². The lowest BCUT2D eigenvalue weighted by atomic mass is 10.1. The van der Waals surface area contributed by atoms with Crippen LogP contribution in [-0.4, -0.2) is 13.0 Å². The quantitative estimate of drug-likeness (QED) is 0.843. The standard InChI is InChI=1S/C15H15BrN2O2/c1-9-3-5-11(17)8-13(9)18-15(19)12-7-10(16)4-6-14(12)20-2/h3-8H,17H2,1-2H3,(H,18,19). The van der Waals surface area contributed by atoms with Gasteiger partial charge >= 0.3 is 0 Å². The maximum Gasteiger partial charge on any atom is 0.259 e. The van der Waals surface area contributed by atoms with E-state index in [1.165, 1.54) is 7.11 Å². The van der Waals surface area contributed by atoms with Gasteiger partial charge in [-0.1, -0.05) is 22.0 Å². The van der Waals surface area contributed by atoms with Crippen molar-refractivity contribution >= 4 is 33.2 Å². The Bertz CT molecular complexity index is 656. The van der Waals surface area contributed by atoms with E-state index in [1.807, 2.05) is 19.1 Å². The number of benzene rings is 2. The third-order valence-electron chi connectivity index (χ3n) is 2.92. The molecule has 0 bridgehead atoms. The number of hydrogen-bond donors (Lipinski definition) is 2. The zero-order valence-corrected chi connectivity index (χ0v) is 12.8. The van der Waals surface area contributed by atoms with Crippen LogP contribution >= 0.6 is 15.9 Å². The predicted octanol–water partition coefficient (Wildman–Crippen LogP) is 3.60. The van der Waals surface area contributed by atoms with Crippen LogP contribution in [0.4, 0.5) is 11.4 Å². The Morgan fingerprint density at radius 1 is 1.25 bits per heavy atom. The molecule has 20 heavy (non-hydrogen) atoms. The van der Waals surface area contributed by atoms with Crippen molar-refractivity contribution in [2.75, 3.05) is 18.2 Å². The first-order valence-corrected chi connectivity index (χ1v) is 6.81. The molecule has 2 rings (SSSR count). The number of carbonyl (C=O) groups is 1. The van der Waals surface area contributed by atoms with E-state index in [-0.39, 0.29) is 5.91 Å². The highest BCUT2D eigenvalue weighted by atomic mass is 79.9. The van der Waals surface area contributed by atoms with Crippen molar-refractivity contribution in [3.8, 4) is 5.75 Å². The Kier molecular flexibility index (Phi) is 4.29. The zero-order chi connectivity index (χ0) is 14.7. The van der Waals surface area contributed by atoms with Gasteiger partial charge in [-0.05, 0) is 42.8 Å². The van der Waals surface area contributed by atoms with Gasteiger partial charge in [0.2, 0.25) is 0 Å². The lowest BCUT2D eigenvalue weighted by Crippen LogP contribution is -2.14. The van der Waals surface area contributed by atoms with Gasteiger partial charge in [0, 0.05) is 15.8 Å². The van der Waals surface area contributed by atoms with Gasteiger partial charge in [-0.3, -0.25) is 4.79 Å². The van der Waals surface area contributed by atoms with Gasteiger partial charge in [0.25, 0.3) is 5.91 Å². The summed E-state index contributed by atoms with van der Waals surface area (Å²) in [6.45, 7) is 1.91. The second-order valence-electron chi connectivity index (χ2n) is 4.37. The lowest BCUT2D eigenvalue weighted by molar-refractivity contribution is 0.102. The fourth-order valence-corrected chi connectivity index (χ4v) is 2.18. The average Bonchev–Trinajstić information content (AvgIpc) is 2.42. The molecule has 2 aromatic carbocycles. The van der Waals surface area contributed by atoms with Gasteiger partial charge in [0.1, 0.15) is 5.75 Å². The molecule has 104 valence electrons. The van der Waals surface area contributed by atoms with Crippen molar-refractivity contribution in [2.24, 2.45) is 0 Å². The first-order chi connectivity index (χ1) is 9.51. The highest BCUT2D eigenvalue weighted by molar-refractivity contribution is 9.10. The topological polar surface area (TPSA) is 64.3 Å². The molecule has 0 aliphatic carbocycles. The summed E-state index contributed by atoms with van der Waals surface area (Å²) in [6.07, 6.45) is 0. The van der Waals surface area contributed by atoms with Gasteiger partial charge in [0.05, 0.1) is 12.7 Å². The second-order valence-corrected chi connectivity index (χ2v) is 5.29. The molecule has 0 unspecified atom stereocenters. The summed E-state index contributed by atoms with van der Waals surface area (Å²) in [5.41, 5.74) is 8.44. The van der Waals surface area contributed by atoms with E-state index in [1.54, 1.807) is 24.3 Å². The number of nitrogen functional groups attached to an aromatic ring is 1. The molecule has 0 atom stereocenters. The number of hydrogen-bond acceptors (Lipinski definition) is 3. The first-order valence-electron chi connectivity index (χ1n) is 6.02. The first kappa shape index (κ1) is 14.4. The van der Waals surface area contributed by atoms with E-state index in [0.29, 0.717) is 22.7 Å². The summed E-state index contributed by atoms with van der Waals surface area (Å²) >= 11 is 3.35. The number of anilines is 2. The number of rotatable bonds is 3. The van der Waals surface area contributed by atoms with Gasteiger partial charge in [-0.2, -0.15) is 0 Å². The number of methoxy groups -OCH3 is 1. The highest BCUT2D eigenvalue weighted by Crippen LogP contribution is 2.25. The van der Waals surface area contributed by atoms with Crippen LogP contribution in [0.5, 0.6) is 5.75 Å². The van der Waals surface area contributed by atoms with Crippen molar-refractivity contribution in [1.82, 2.24) is 0 Å². The van der Waals surface area contributed by atoms with Crippen LogP contribution in [0.1, 0.15) is 15.9 Å². The molecule has 0 heterocycles. The molecular weight excluding hydrogens is 320 g/mol. The zero-order valence-electron chi connectivity index (χ0n) is 11.2. The molecule has 0 radical (unpaired) electrons. The Morgan fingerprint density at radius 3 is 2.70 bits per heavy atom. The molecule has 4 nitrogen and oxygen atoms in total. The van der Waals surface area contributed by atoms with Gasteiger partial charge in [0.15, 0.2) is 0 Å². The van der Waals surface area contributed by atoms with Crippen LogP contribution in [0.3, 0.4) is 0 Å². The average molecular weight is 335 g/mol. The normalized spacial score (nSPS) is 10.2. The Morgan fingerprint density at radius 2 is 2.00 bits per heavy atom. The molecule has 0 saturated heterocycles. The number of nitrogens with one attached hydrogen (secondary N) is 1. The van der Waals surface area contributed by atoms with Gasteiger partial charge in [-0.25, -0.2) is 0 Å². The maximum absolute atomic E-state index is 12.4. The van der Waals surface area contributed by atoms with Crippen LogP contribution in [0.15, 0.2) is 40.9 Å².